The molecule has 2 rings (SSSR count). The number of rotatable bonds is 10. The second kappa shape index (κ2) is 9.76. The zero-order chi connectivity index (χ0) is 17.2. The summed E-state index contributed by atoms with van der Waals surface area (Å²) in [6.07, 6.45) is 7.32. The van der Waals surface area contributed by atoms with Crippen LogP contribution in [0.4, 0.5) is 11.4 Å². The first-order valence-electron chi connectivity index (χ1n) is 8.89. The molecule has 3 heteroatoms. The van der Waals surface area contributed by atoms with Crippen LogP contribution in [0.25, 0.3) is 0 Å². The van der Waals surface area contributed by atoms with Crippen LogP contribution in [0.3, 0.4) is 0 Å². The highest BCUT2D eigenvalue weighted by molar-refractivity contribution is 5.95. The maximum Gasteiger partial charge on any atom is 0.337 e. The Labute approximate surface area is 144 Å². The fourth-order valence-corrected chi connectivity index (χ4v) is 2.94. The minimum atomic E-state index is -0.880. The number of para-hydroxylation sites is 2. The van der Waals surface area contributed by atoms with Crippen LogP contribution < -0.4 is 4.90 Å². The second-order valence-electron chi connectivity index (χ2n) is 6.08. The van der Waals surface area contributed by atoms with Gasteiger partial charge in [0.1, 0.15) is 0 Å². The number of hydrogen-bond donors (Lipinski definition) is 1. The first-order chi connectivity index (χ1) is 11.7. The number of anilines is 2. The average molecular weight is 325 g/mol. The summed E-state index contributed by atoms with van der Waals surface area (Å²) in [6.45, 7) is 3.06. The van der Waals surface area contributed by atoms with E-state index in [0.717, 1.165) is 24.3 Å². The lowest BCUT2D eigenvalue weighted by atomic mass is 10.1. The van der Waals surface area contributed by atoms with E-state index >= 15 is 0 Å². The lowest BCUT2D eigenvalue weighted by molar-refractivity contribution is 0.0697. The standard InChI is InChI=1S/C21H27NO2/c1-2-3-4-5-6-12-17-22(18-13-8-7-9-14-18)20-16-11-10-15-19(20)21(23)24/h7-11,13-16H,2-6,12,17H2,1H3,(H,23,24). The number of nitrogens with zero attached hydrogens (tertiary/aromatic N) is 1. The highest BCUT2D eigenvalue weighted by Gasteiger charge is 2.16. The van der Waals surface area contributed by atoms with Crippen LogP contribution in [-0.4, -0.2) is 17.6 Å². The van der Waals surface area contributed by atoms with E-state index in [1.165, 1.54) is 32.1 Å². The molecule has 0 atom stereocenters. The minimum Gasteiger partial charge on any atom is -0.478 e. The second-order valence-corrected chi connectivity index (χ2v) is 6.08. The molecule has 0 amide bonds. The fourth-order valence-electron chi connectivity index (χ4n) is 2.94. The van der Waals surface area contributed by atoms with Crippen molar-refractivity contribution < 1.29 is 9.90 Å². The number of aromatic carboxylic acids is 1. The Kier molecular flexibility index (Phi) is 7.34. The SMILES string of the molecule is CCCCCCCCN(c1ccccc1)c1ccccc1C(=O)O. The normalized spacial score (nSPS) is 10.5. The molecule has 0 saturated carbocycles. The molecule has 0 saturated heterocycles. The van der Waals surface area contributed by atoms with Gasteiger partial charge in [-0.1, -0.05) is 69.4 Å². The predicted molar refractivity (Wildman–Crippen MR) is 100 cm³/mol. The van der Waals surface area contributed by atoms with Gasteiger partial charge in [0.2, 0.25) is 0 Å². The number of hydrogen-bond acceptors (Lipinski definition) is 2. The summed E-state index contributed by atoms with van der Waals surface area (Å²) in [5.41, 5.74) is 2.16. The Morgan fingerprint density at radius 2 is 1.50 bits per heavy atom. The van der Waals surface area contributed by atoms with Gasteiger partial charge in [-0.15, -0.1) is 0 Å². The quantitative estimate of drug-likeness (QED) is 0.554. The maximum atomic E-state index is 11.6. The Balaban J connectivity index is 2.14. The Hall–Kier alpha value is -2.29. The zero-order valence-corrected chi connectivity index (χ0v) is 14.4. The molecule has 0 radical (unpaired) electrons. The third kappa shape index (κ3) is 5.12. The van der Waals surface area contributed by atoms with Gasteiger partial charge in [-0.2, -0.15) is 0 Å². The molecule has 0 heterocycles. The van der Waals surface area contributed by atoms with Gasteiger partial charge in [-0.25, -0.2) is 4.79 Å². The topological polar surface area (TPSA) is 40.5 Å². The first-order valence-corrected chi connectivity index (χ1v) is 8.89. The highest BCUT2D eigenvalue weighted by atomic mass is 16.4. The van der Waals surface area contributed by atoms with E-state index in [-0.39, 0.29) is 0 Å². The lowest BCUT2D eigenvalue weighted by Crippen LogP contribution is -2.21. The molecular weight excluding hydrogens is 298 g/mol. The van der Waals surface area contributed by atoms with Crippen LogP contribution in [0, 0.1) is 0 Å². The molecule has 0 aromatic heterocycles. The van der Waals surface area contributed by atoms with Crippen molar-refractivity contribution in [3.05, 3.63) is 60.2 Å². The van der Waals surface area contributed by atoms with E-state index in [1.54, 1.807) is 12.1 Å². The Morgan fingerprint density at radius 3 is 2.21 bits per heavy atom. The van der Waals surface area contributed by atoms with Gasteiger partial charge in [0.05, 0.1) is 11.3 Å². The third-order valence-corrected chi connectivity index (χ3v) is 4.23. The molecule has 0 unspecified atom stereocenters. The summed E-state index contributed by atoms with van der Waals surface area (Å²) in [7, 11) is 0. The molecule has 0 fully saturated rings. The van der Waals surface area contributed by atoms with Gasteiger partial charge in [-0.05, 0) is 30.7 Å². The largest absolute Gasteiger partial charge is 0.478 e. The van der Waals surface area contributed by atoms with E-state index in [1.807, 2.05) is 42.5 Å². The number of carbonyl (C=O) groups is 1. The van der Waals surface area contributed by atoms with E-state index in [0.29, 0.717) is 5.56 Å². The van der Waals surface area contributed by atoms with Crippen molar-refractivity contribution in [2.24, 2.45) is 0 Å². The van der Waals surface area contributed by atoms with Crippen molar-refractivity contribution in [3.63, 3.8) is 0 Å². The van der Waals surface area contributed by atoms with Crippen LogP contribution in [0.15, 0.2) is 54.6 Å². The van der Waals surface area contributed by atoms with Crippen LogP contribution in [-0.2, 0) is 0 Å². The van der Waals surface area contributed by atoms with Crippen molar-refractivity contribution in [1.82, 2.24) is 0 Å². The summed E-state index contributed by atoms with van der Waals surface area (Å²) < 4.78 is 0. The molecule has 0 aliphatic carbocycles. The van der Waals surface area contributed by atoms with Crippen LogP contribution in [0.1, 0.15) is 55.8 Å². The molecule has 128 valence electrons. The fraction of sp³-hybridized carbons (Fsp3) is 0.381. The summed E-state index contributed by atoms with van der Waals surface area (Å²) >= 11 is 0. The maximum absolute atomic E-state index is 11.6. The van der Waals surface area contributed by atoms with Crippen molar-refractivity contribution in [3.8, 4) is 0 Å². The zero-order valence-electron chi connectivity index (χ0n) is 14.4. The number of carboxylic acids is 1. The molecule has 1 N–H and O–H groups in total. The first kappa shape index (κ1) is 18.1. The molecular formula is C21H27NO2. The van der Waals surface area contributed by atoms with Gasteiger partial charge in [0.25, 0.3) is 0 Å². The molecule has 0 bridgehead atoms. The molecule has 0 spiro atoms. The third-order valence-electron chi connectivity index (χ3n) is 4.23. The van der Waals surface area contributed by atoms with Gasteiger partial charge < -0.3 is 10.0 Å². The molecule has 2 aromatic rings. The van der Waals surface area contributed by atoms with Gasteiger partial charge in [-0.3, -0.25) is 0 Å². The van der Waals surface area contributed by atoms with E-state index in [2.05, 4.69) is 11.8 Å². The van der Waals surface area contributed by atoms with Crippen molar-refractivity contribution in [2.45, 2.75) is 45.4 Å². The van der Waals surface area contributed by atoms with Crippen LogP contribution in [0.2, 0.25) is 0 Å². The van der Waals surface area contributed by atoms with Crippen LogP contribution in [0.5, 0.6) is 0 Å². The average Bonchev–Trinajstić information content (AvgIpc) is 2.62. The van der Waals surface area contributed by atoms with Crippen molar-refractivity contribution >= 4 is 17.3 Å². The molecule has 2 aromatic carbocycles. The van der Waals surface area contributed by atoms with Crippen molar-refractivity contribution in [1.29, 1.82) is 0 Å². The van der Waals surface area contributed by atoms with E-state index < -0.39 is 5.97 Å². The van der Waals surface area contributed by atoms with E-state index in [4.69, 9.17) is 0 Å². The number of carboxylic acid groups (broad SMARTS) is 1. The van der Waals surface area contributed by atoms with Crippen LogP contribution >= 0.6 is 0 Å². The minimum absolute atomic E-state index is 0.354. The van der Waals surface area contributed by atoms with Gasteiger partial charge in [0, 0.05) is 12.2 Å². The Bertz CT molecular complexity index is 625. The molecule has 24 heavy (non-hydrogen) atoms. The lowest BCUT2D eigenvalue weighted by Gasteiger charge is -2.26. The van der Waals surface area contributed by atoms with Gasteiger partial charge >= 0.3 is 5.97 Å². The van der Waals surface area contributed by atoms with Gasteiger partial charge in [0.15, 0.2) is 0 Å². The number of unbranched alkanes of at least 4 members (excludes halogenated alkanes) is 5. The summed E-state index contributed by atoms with van der Waals surface area (Å²) in [5.74, 6) is -0.880. The van der Waals surface area contributed by atoms with Crippen molar-refractivity contribution in [2.75, 3.05) is 11.4 Å². The monoisotopic (exact) mass is 325 g/mol. The number of benzene rings is 2. The summed E-state index contributed by atoms with van der Waals surface area (Å²) in [6, 6.07) is 17.3. The smallest absolute Gasteiger partial charge is 0.337 e. The molecule has 3 nitrogen and oxygen atoms in total. The predicted octanol–water partition coefficient (Wildman–Crippen LogP) is 5.88. The molecule has 0 aliphatic heterocycles. The Morgan fingerprint density at radius 1 is 0.875 bits per heavy atom. The summed E-state index contributed by atoms with van der Waals surface area (Å²) in [5, 5.41) is 9.50. The van der Waals surface area contributed by atoms with E-state index in [9.17, 15) is 9.90 Å². The molecule has 0 aliphatic rings. The highest BCUT2D eigenvalue weighted by Crippen LogP contribution is 2.29. The summed E-state index contributed by atoms with van der Waals surface area (Å²) in [4.78, 5) is 13.7.